The molecule has 0 aliphatic heterocycles. The number of nitrogens with zero attached hydrogens (tertiary/aromatic N) is 3. The molecule has 0 spiro atoms. The highest BCUT2D eigenvalue weighted by atomic mass is 32.2. The minimum absolute atomic E-state index is 0.0702. The van der Waals surface area contributed by atoms with Gasteiger partial charge in [0.2, 0.25) is 15.9 Å². The summed E-state index contributed by atoms with van der Waals surface area (Å²) >= 11 is 1.00. The third-order valence-electron chi connectivity index (χ3n) is 6.39. The van der Waals surface area contributed by atoms with Crippen molar-refractivity contribution >= 4 is 44.4 Å². The monoisotopic (exact) mass is 502 g/mol. The summed E-state index contributed by atoms with van der Waals surface area (Å²) in [6.07, 6.45) is 3.93. The van der Waals surface area contributed by atoms with Crippen LogP contribution in [0.1, 0.15) is 39.0 Å². The van der Waals surface area contributed by atoms with Crippen LogP contribution in [0, 0.1) is 11.8 Å². The molecule has 182 valence electrons. The molecule has 0 radical (unpaired) electrons. The summed E-state index contributed by atoms with van der Waals surface area (Å²) in [5.74, 6) is 0.933. The average molecular weight is 503 g/mol. The molecule has 1 heterocycles. The van der Waals surface area contributed by atoms with Gasteiger partial charge in [-0.2, -0.15) is 8.75 Å². The molecule has 34 heavy (non-hydrogen) atoms. The van der Waals surface area contributed by atoms with Crippen LogP contribution in [-0.2, 0) is 14.8 Å². The number of aromatic nitrogens is 2. The van der Waals surface area contributed by atoms with Crippen molar-refractivity contribution in [3.8, 4) is 5.75 Å². The first kappa shape index (κ1) is 24.6. The first-order chi connectivity index (χ1) is 16.4. The first-order valence-corrected chi connectivity index (χ1v) is 13.8. The number of hydrogen-bond acceptors (Lipinski definition) is 7. The molecule has 1 saturated carbocycles. The van der Waals surface area contributed by atoms with Crippen LogP contribution in [-0.4, -0.2) is 43.3 Å². The van der Waals surface area contributed by atoms with Crippen molar-refractivity contribution in [3.63, 3.8) is 0 Å². The molecule has 10 heteroatoms. The van der Waals surface area contributed by atoms with Crippen molar-refractivity contribution < 1.29 is 17.9 Å². The van der Waals surface area contributed by atoms with Gasteiger partial charge in [0, 0.05) is 19.0 Å². The maximum absolute atomic E-state index is 13.4. The van der Waals surface area contributed by atoms with Gasteiger partial charge in [0.25, 0.3) is 0 Å². The van der Waals surface area contributed by atoms with Crippen molar-refractivity contribution in [2.45, 2.75) is 43.9 Å². The zero-order valence-corrected chi connectivity index (χ0v) is 21.1. The number of hydrogen-bond donors (Lipinski definition) is 1. The lowest BCUT2D eigenvalue weighted by molar-refractivity contribution is -0.123. The Labute approximate surface area is 204 Å². The molecule has 2 aromatic carbocycles. The molecular formula is C24H30N4O4S2. The van der Waals surface area contributed by atoms with E-state index in [9.17, 15) is 13.2 Å². The number of rotatable bonds is 9. The van der Waals surface area contributed by atoms with Crippen LogP contribution in [0.15, 0.2) is 47.4 Å². The lowest BCUT2D eigenvalue weighted by Gasteiger charge is -2.32. The summed E-state index contributed by atoms with van der Waals surface area (Å²) in [7, 11) is -2.07. The first-order valence-electron chi connectivity index (χ1n) is 11.6. The number of methoxy groups -OCH3 is 1. The molecule has 1 aliphatic carbocycles. The van der Waals surface area contributed by atoms with Gasteiger partial charge in [-0.3, -0.25) is 4.79 Å². The molecule has 8 nitrogen and oxygen atoms in total. The third kappa shape index (κ3) is 5.24. The average Bonchev–Trinajstić information content (AvgIpc) is 3.35. The summed E-state index contributed by atoms with van der Waals surface area (Å²) < 4.78 is 42.3. The molecule has 1 fully saturated rings. The maximum atomic E-state index is 13.4. The molecule has 1 aromatic heterocycles. The molecular weight excluding hydrogens is 472 g/mol. The van der Waals surface area contributed by atoms with Gasteiger partial charge in [0.05, 0.1) is 24.5 Å². The van der Waals surface area contributed by atoms with Gasteiger partial charge < -0.3 is 9.64 Å². The van der Waals surface area contributed by atoms with Crippen molar-refractivity contribution in [1.82, 2.24) is 13.5 Å². The molecule has 0 unspecified atom stereocenters. The molecule has 0 saturated heterocycles. The fraction of sp³-hybridized carbons (Fsp3) is 0.458. The zero-order valence-electron chi connectivity index (χ0n) is 19.4. The Bertz CT molecular complexity index is 1240. The Morgan fingerprint density at radius 3 is 2.62 bits per heavy atom. The number of amides is 1. The van der Waals surface area contributed by atoms with E-state index in [1.807, 2.05) is 29.2 Å². The maximum Gasteiger partial charge on any atom is 0.242 e. The van der Waals surface area contributed by atoms with Crippen LogP contribution in [0.25, 0.3) is 11.0 Å². The van der Waals surface area contributed by atoms with E-state index in [0.29, 0.717) is 29.9 Å². The quantitative estimate of drug-likeness (QED) is 0.470. The highest BCUT2D eigenvalue weighted by Crippen LogP contribution is 2.34. The fourth-order valence-corrected chi connectivity index (χ4v) is 6.44. The van der Waals surface area contributed by atoms with Crippen LogP contribution in [0.4, 0.5) is 5.69 Å². The molecule has 1 N–H and O–H groups in total. The van der Waals surface area contributed by atoms with E-state index >= 15 is 0 Å². The predicted octanol–water partition coefficient (Wildman–Crippen LogP) is 4.23. The van der Waals surface area contributed by atoms with Gasteiger partial charge in [-0.15, -0.1) is 0 Å². The Morgan fingerprint density at radius 1 is 1.12 bits per heavy atom. The Balaban J connectivity index is 1.37. The summed E-state index contributed by atoms with van der Waals surface area (Å²) in [6, 6.07) is 12.6. The lowest BCUT2D eigenvalue weighted by atomic mass is 9.81. The van der Waals surface area contributed by atoms with Gasteiger partial charge in [0.1, 0.15) is 21.7 Å². The van der Waals surface area contributed by atoms with Crippen LogP contribution < -0.4 is 14.4 Å². The van der Waals surface area contributed by atoms with Crippen molar-refractivity contribution in [2.24, 2.45) is 11.8 Å². The number of para-hydroxylation sites is 2. The predicted molar refractivity (Wildman–Crippen MR) is 134 cm³/mol. The topological polar surface area (TPSA) is 101 Å². The van der Waals surface area contributed by atoms with E-state index in [-0.39, 0.29) is 22.6 Å². The number of sulfonamides is 1. The summed E-state index contributed by atoms with van der Waals surface area (Å²) in [6.45, 7) is 3.04. The molecule has 0 bridgehead atoms. The zero-order chi connectivity index (χ0) is 24.1. The van der Waals surface area contributed by atoms with Crippen LogP contribution in [0.3, 0.4) is 0 Å². The van der Waals surface area contributed by atoms with E-state index in [0.717, 1.165) is 49.5 Å². The summed E-state index contributed by atoms with van der Waals surface area (Å²) in [5, 5.41) is 0. The summed E-state index contributed by atoms with van der Waals surface area (Å²) in [5.41, 5.74) is 1.79. The van der Waals surface area contributed by atoms with Gasteiger partial charge in [-0.1, -0.05) is 25.1 Å². The van der Waals surface area contributed by atoms with Gasteiger partial charge in [-0.05, 0) is 62.3 Å². The fourth-order valence-electron chi connectivity index (χ4n) is 4.56. The number of benzene rings is 2. The van der Waals surface area contributed by atoms with Gasteiger partial charge in [-0.25, -0.2) is 13.1 Å². The Kier molecular flexibility index (Phi) is 7.80. The van der Waals surface area contributed by atoms with Crippen LogP contribution in [0.5, 0.6) is 5.75 Å². The second kappa shape index (κ2) is 10.8. The number of carbonyl (C=O) groups excluding carboxylic acids is 1. The molecule has 1 amide bonds. The smallest absolute Gasteiger partial charge is 0.242 e. The largest absolute Gasteiger partial charge is 0.495 e. The van der Waals surface area contributed by atoms with Crippen LogP contribution >= 0.6 is 11.7 Å². The van der Waals surface area contributed by atoms with Crippen molar-refractivity contribution in [3.05, 3.63) is 42.5 Å². The van der Waals surface area contributed by atoms with E-state index in [1.54, 1.807) is 25.3 Å². The number of ether oxygens (including phenoxy) is 1. The minimum atomic E-state index is -3.69. The van der Waals surface area contributed by atoms with Gasteiger partial charge in [0.15, 0.2) is 0 Å². The van der Waals surface area contributed by atoms with Crippen molar-refractivity contribution in [1.29, 1.82) is 0 Å². The number of fused-ring (bicyclic) bond motifs is 1. The normalized spacial score (nSPS) is 18.6. The number of anilines is 1. The minimum Gasteiger partial charge on any atom is -0.495 e. The summed E-state index contributed by atoms with van der Waals surface area (Å²) in [4.78, 5) is 15.4. The molecule has 1 aliphatic rings. The van der Waals surface area contributed by atoms with E-state index in [4.69, 9.17) is 4.74 Å². The highest BCUT2D eigenvalue weighted by Gasteiger charge is 2.31. The SMILES string of the molecule is CCCN(C(=O)C1CCC(CNS(=O)(=O)c2cccc3nsnc23)CC1)c1ccccc1OC. The molecule has 4 rings (SSSR count). The standard InChI is InChI=1S/C24H30N4O4S2/c1-3-15-28(20-8-4-5-9-21(20)32-2)24(29)18-13-11-17(12-14-18)16-25-34(30,31)22-10-6-7-19-23(22)27-33-26-19/h4-10,17-18,25H,3,11-16H2,1-2H3. The number of carbonyl (C=O) groups is 1. The second-order valence-electron chi connectivity index (χ2n) is 8.62. The van der Waals surface area contributed by atoms with Gasteiger partial charge >= 0.3 is 0 Å². The van der Waals surface area contributed by atoms with E-state index in [1.165, 1.54) is 0 Å². The molecule has 0 atom stereocenters. The van der Waals surface area contributed by atoms with E-state index in [2.05, 4.69) is 20.4 Å². The second-order valence-corrected chi connectivity index (χ2v) is 10.9. The van der Waals surface area contributed by atoms with Crippen LogP contribution in [0.2, 0.25) is 0 Å². The highest BCUT2D eigenvalue weighted by molar-refractivity contribution is 7.89. The Morgan fingerprint density at radius 2 is 1.88 bits per heavy atom. The number of nitrogens with one attached hydrogen (secondary N) is 1. The molecule has 3 aromatic rings. The van der Waals surface area contributed by atoms with E-state index < -0.39 is 10.0 Å². The lowest BCUT2D eigenvalue weighted by Crippen LogP contribution is -2.39. The third-order valence-corrected chi connectivity index (χ3v) is 8.38. The van der Waals surface area contributed by atoms with Crippen molar-refractivity contribution in [2.75, 3.05) is 25.1 Å². The Hall–Kier alpha value is -2.56.